The van der Waals surface area contributed by atoms with Crippen molar-refractivity contribution >= 4 is 39.3 Å². The fourth-order valence-corrected chi connectivity index (χ4v) is 5.07. The minimum atomic E-state index is -4.03. The Kier molecular flexibility index (Phi) is 6.72. The van der Waals surface area contributed by atoms with Crippen LogP contribution in [0.15, 0.2) is 52.3 Å². The van der Waals surface area contributed by atoms with Crippen LogP contribution in [0.4, 0.5) is 5.69 Å². The van der Waals surface area contributed by atoms with E-state index in [1.807, 2.05) is 6.26 Å². The van der Waals surface area contributed by atoms with Crippen molar-refractivity contribution < 1.29 is 18.0 Å². The van der Waals surface area contributed by atoms with Crippen molar-refractivity contribution in [3.8, 4) is 0 Å². The number of primary amides is 1. The summed E-state index contributed by atoms with van der Waals surface area (Å²) in [5.74, 6) is -0.322. The normalized spacial score (nSPS) is 15.1. The Labute approximate surface area is 181 Å². The van der Waals surface area contributed by atoms with Gasteiger partial charge in [0.1, 0.15) is 0 Å². The zero-order valence-electron chi connectivity index (χ0n) is 16.9. The molecule has 7 nitrogen and oxygen atoms in total. The van der Waals surface area contributed by atoms with Crippen molar-refractivity contribution in [1.29, 1.82) is 0 Å². The van der Waals surface area contributed by atoms with Gasteiger partial charge in [0.25, 0.3) is 21.8 Å². The van der Waals surface area contributed by atoms with Crippen LogP contribution in [0.25, 0.3) is 0 Å². The van der Waals surface area contributed by atoms with Gasteiger partial charge in [-0.05, 0) is 55.3 Å². The number of nitrogens with two attached hydrogens (primary N) is 1. The van der Waals surface area contributed by atoms with Crippen LogP contribution in [-0.2, 0) is 10.0 Å². The third kappa shape index (κ3) is 4.79. The molecule has 2 amide bonds. The number of hydrogen-bond donors (Lipinski definition) is 2. The predicted octanol–water partition coefficient (Wildman–Crippen LogP) is 3.18. The average Bonchev–Trinajstić information content (AvgIpc) is 2.73. The van der Waals surface area contributed by atoms with Crippen molar-refractivity contribution in [3.05, 3.63) is 53.6 Å². The summed E-state index contributed by atoms with van der Waals surface area (Å²) in [6.07, 6.45) is 3.72. The molecule has 2 aromatic carbocycles. The molecule has 3 N–H and O–H groups in total. The van der Waals surface area contributed by atoms with E-state index in [0.29, 0.717) is 24.6 Å². The molecule has 3 rings (SSSR count). The van der Waals surface area contributed by atoms with Gasteiger partial charge in [-0.2, -0.15) is 0 Å². The highest BCUT2D eigenvalue weighted by molar-refractivity contribution is 7.98. The third-order valence-electron chi connectivity index (χ3n) is 5.22. The number of nitrogens with one attached hydrogen (secondary N) is 1. The Morgan fingerprint density at radius 3 is 2.40 bits per heavy atom. The molecule has 9 heteroatoms. The lowest BCUT2D eigenvalue weighted by molar-refractivity contribution is 0.0693. The summed E-state index contributed by atoms with van der Waals surface area (Å²) in [6.45, 7) is 3.49. The number of para-hydroxylation sites is 1. The fourth-order valence-electron chi connectivity index (χ4n) is 3.39. The van der Waals surface area contributed by atoms with Crippen molar-refractivity contribution in [2.45, 2.75) is 29.6 Å². The topological polar surface area (TPSA) is 110 Å². The van der Waals surface area contributed by atoms with E-state index < -0.39 is 15.9 Å². The molecule has 30 heavy (non-hydrogen) atoms. The van der Waals surface area contributed by atoms with Crippen LogP contribution in [0.5, 0.6) is 0 Å². The van der Waals surface area contributed by atoms with E-state index in [1.165, 1.54) is 36.0 Å². The van der Waals surface area contributed by atoms with Gasteiger partial charge < -0.3 is 10.6 Å². The van der Waals surface area contributed by atoms with Crippen LogP contribution < -0.4 is 10.5 Å². The van der Waals surface area contributed by atoms with E-state index in [9.17, 15) is 18.0 Å². The summed E-state index contributed by atoms with van der Waals surface area (Å²) in [7, 11) is -4.03. The molecule has 160 valence electrons. The maximum atomic E-state index is 13.1. The monoisotopic (exact) mass is 447 g/mol. The van der Waals surface area contributed by atoms with E-state index in [-0.39, 0.29) is 22.1 Å². The van der Waals surface area contributed by atoms with Gasteiger partial charge in [0.2, 0.25) is 0 Å². The molecule has 2 aromatic rings. The summed E-state index contributed by atoms with van der Waals surface area (Å²) in [5, 5.41) is 0. The number of sulfonamides is 1. The molecular formula is C21H25N3O4S2. The third-order valence-corrected chi connectivity index (χ3v) is 7.38. The van der Waals surface area contributed by atoms with E-state index >= 15 is 0 Å². The second-order valence-electron chi connectivity index (χ2n) is 7.35. The molecule has 1 aliphatic heterocycles. The lowest BCUT2D eigenvalue weighted by Crippen LogP contribution is -2.38. The molecule has 1 heterocycles. The van der Waals surface area contributed by atoms with Gasteiger partial charge in [-0.25, -0.2) is 8.42 Å². The molecular weight excluding hydrogens is 422 g/mol. The van der Waals surface area contributed by atoms with E-state index in [0.717, 1.165) is 17.7 Å². The minimum absolute atomic E-state index is 0.0479. The quantitative estimate of drug-likeness (QED) is 0.661. The minimum Gasteiger partial charge on any atom is -0.366 e. The number of anilines is 1. The number of thioether (sulfide) groups is 1. The van der Waals surface area contributed by atoms with Crippen LogP contribution in [-0.4, -0.2) is 44.5 Å². The first-order chi connectivity index (χ1) is 14.2. The lowest BCUT2D eigenvalue weighted by atomic mass is 9.98. The molecule has 0 bridgehead atoms. The molecule has 0 saturated carbocycles. The van der Waals surface area contributed by atoms with Gasteiger partial charge in [-0.3, -0.25) is 14.3 Å². The second kappa shape index (κ2) is 9.09. The molecule has 0 spiro atoms. The Morgan fingerprint density at radius 1 is 1.10 bits per heavy atom. The highest BCUT2D eigenvalue weighted by Crippen LogP contribution is 2.28. The maximum absolute atomic E-state index is 13.1. The van der Waals surface area contributed by atoms with Crippen LogP contribution >= 0.6 is 11.8 Å². The number of nitrogens with zero attached hydrogens (tertiary/aromatic N) is 1. The van der Waals surface area contributed by atoms with Gasteiger partial charge >= 0.3 is 0 Å². The van der Waals surface area contributed by atoms with E-state index in [2.05, 4.69) is 11.6 Å². The van der Waals surface area contributed by atoms with Gasteiger partial charge in [-0.15, -0.1) is 11.8 Å². The van der Waals surface area contributed by atoms with Gasteiger partial charge in [0.15, 0.2) is 0 Å². The summed E-state index contributed by atoms with van der Waals surface area (Å²) >= 11 is 1.39. The van der Waals surface area contributed by atoms with Crippen molar-refractivity contribution in [1.82, 2.24) is 4.90 Å². The second-order valence-corrected chi connectivity index (χ2v) is 9.88. The SMILES string of the molecule is CSc1ccc(S(=O)(=O)Nc2ccccc2C(N)=O)cc1C(=O)N1CCC(C)CC1. The van der Waals surface area contributed by atoms with E-state index in [1.54, 1.807) is 23.1 Å². The molecule has 0 aliphatic carbocycles. The van der Waals surface area contributed by atoms with Gasteiger partial charge in [-0.1, -0.05) is 19.1 Å². The first-order valence-electron chi connectivity index (χ1n) is 9.62. The van der Waals surface area contributed by atoms with Crippen LogP contribution in [0.1, 0.15) is 40.5 Å². The molecule has 0 radical (unpaired) electrons. The first kappa shape index (κ1) is 22.2. The fraction of sp³-hybridized carbons (Fsp3) is 0.333. The number of benzene rings is 2. The molecule has 1 fully saturated rings. The number of carbonyl (C=O) groups excluding carboxylic acids is 2. The van der Waals surface area contributed by atoms with Crippen molar-refractivity contribution in [3.63, 3.8) is 0 Å². The largest absolute Gasteiger partial charge is 0.366 e. The number of amides is 2. The van der Waals surface area contributed by atoms with Gasteiger partial charge in [0.05, 0.1) is 21.7 Å². The van der Waals surface area contributed by atoms with Crippen molar-refractivity contribution in [2.24, 2.45) is 11.7 Å². The zero-order chi connectivity index (χ0) is 21.9. The standard InChI is InChI=1S/C21H25N3O4S2/c1-14-9-11-24(12-10-14)21(26)17-13-15(7-8-19(17)29-2)30(27,28)23-18-6-4-3-5-16(18)20(22)25/h3-8,13-14,23H,9-12H2,1-2H3,(H2,22,25). The molecule has 0 aromatic heterocycles. The highest BCUT2D eigenvalue weighted by atomic mass is 32.2. The Hall–Kier alpha value is -2.52. The zero-order valence-corrected chi connectivity index (χ0v) is 18.6. The highest BCUT2D eigenvalue weighted by Gasteiger charge is 2.26. The molecule has 0 atom stereocenters. The van der Waals surface area contributed by atoms with Crippen LogP contribution in [0, 0.1) is 5.92 Å². The summed E-state index contributed by atoms with van der Waals surface area (Å²) < 4.78 is 28.4. The molecule has 1 saturated heterocycles. The number of rotatable bonds is 6. The summed E-state index contributed by atoms with van der Waals surface area (Å²) in [6, 6.07) is 10.6. The Morgan fingerprint density at radius 2 is 1.77 bits per heavy atom. The smallest absolute Gasteiger partial charge is 0.261 e. The summed E-state index contributed by atoms with van der Waals surface area (Å²) in [4.78, 5) is 27.2. The first-order valence-corrected chi connectivity index (χ1v) is 12.3. The Balaban J connectivity index is 1.94. The molecule has 1 aliphatic rings. The van der Waals surface area contributed by atoms with Crippen LogP contribution in [0.2, 0.25) is 0 Å². The number of carbonyl (C=O) groups is 2. The van der Waals surface area contributed by atoms with Gasteiger partial charge in [0, 0.05) is 18.0 Å². The predicted molar refractivity (Wildman–Crippen MR) is 118 cm³/mol. The van der Waals surface area contributed by atoms with Crippen LogP contribution in [0.3, 0.4) is 0 Å². The van der Waals surface area contributed by atoms with E-state index in [4.69, 9.17) is 5.73 Å². The number of likely N-dealkylation sites (tertiary alicyclic amines) is 1. The van der Waals surface area contributed by atoms with Crippen molar-refractivity contribution in [2.75, 3.05) is 24.1 Å². The number of piperidine rings is 1. The Bertz CT molecular complexity index is 1060. The molecule has 0 unspecified atom stereocenters. The number of hydrogen-bond acceptors (Lipinski definition) is 5. The summed E-state index contributed by atoms with van der Waals surface area (Å²) in [5.41, 5.74) is 5.87. The average molecular weight is 448 g/mol. The lowest BCUT2D eigenvalue weighted by Gasteiger charge is -2.30. The maximum Gasteiger partial charge on any atom is 0.261 e.